The minimum atomic E-state index is 0.113. The summed E-state index contributed by atoms with van der Waals surface area (Å²) in [5, 5.41) is 3.44. The molecule has 0 aliphatic carbocycles. The zero-order valence-corrected chi connectivity index (χ0v) is 11.1. The van der Waals surface area contributed by atoms with Crippen LogP contribution in [0.2, 0.25) is 0 Å². The van der Waals surface area contributed by atoms with Crippen molar-refractivity contribution in [1.29, 1.82) is 0 Å². The van der Waals surface area contributed by atoms with Crippen molar-refractivity contribution in [3.05, 3.63) is 29.3 Å². The molecule has 1 N–H and O–H groups in total. The Labute approximate surface area is 108 Å². The van der Waals surface area contributed by atoms with Gasteiger partial charge in [-0.2, -0.15) is 0 Å². The predicted octanol–water partition coefficient (Wildman–Crippen LogP) is 2.08. The average molecular weight is 245 g/mol. The molecule has 2 amide bonds. The van der Waals surface area contributed by atoms with Gasteiger partial charge < -0.3 is 15.1 Å². The highest BCUT2D eigenvalue weighted by Crippen LogP contribution is 2.40. The molecule has 2 aliphatic rings. The number of anilines is 1. The molecule has 1 fully saturated rings. The maximum absolute atomic E-state index is 12.1. The van der Waals surface area contributed by atoms with Gasteiger partial charge in [0.15, 0.2) is 0 Å². The summed E-state index contributed by atoms with van der Waals surface area (Å²) < 4.78 is 0. The first kappa shape index (κ1) is 11.4. The largest absolute Gasteiger partial charge is 0.383 e. The minimum absolute atomic E-state index is 0.113. The maximum atomic E-state index is 12.1. The second-order valence-corrected chi connectivity index (χ2v) is 5.17. The number of fused-ring (bicyclic) bond motifs is 3. The summed E-state index contributed by atoms with van der Waals surface area (Å²) in [6.07, 6.45) is 1.03. The van der Waals surface area contributed by atoms with Crippen molar-refractivity contribution in [1.82, 2.24) is 9.80 Å². The summed E-state index contributed by atoms with van der Waals surface area (Å²) in [7, 11) is 3.79. The van der Waals surface area contributed by atoms with Crippen molar-refractivity contribution < 1.29 is 4.79 Å². The third-order valence-corrected chi connectivity index (χ3v) is 4.23. The molecule has 2 atom stereocenters. The van der Waals surface area contributed by atoms with Crippen LogP contribution in [-0.4, -0.2) is 42.5 Å². The summed E-state index contributed by atoms with van der Waals surface area (Å²) in [5.74, 6) is 0. The van der Waals surface area contributed by atoms with Gasteiger partial charge in [0.1, 0.15) is 0 Å². The van der Waals surface area contributed by atoms with Gasteiger partial charge in [-0.1, -0.05) is 19.1 Å². The number of carbonyl (C=O) groups is 1. The highest BCUT2D eigenvalue weighted by atomic mass is 16.2. The fraction of sp³-hybridized carbons (Fsp3) is 0.500. The van der Waals surface area contributed by atoms with E-state index in [0.717, 1.165) is 13.0 Å². The fourth-order valence-electron chi connectivity index (χ4n) is 3.10. The summed E-state index contributed by atoms with van der Waals surface area (Å²) in [6, 6.07) is 7.07. The van der Waals surface area contributed by atoms with Crippen molar-refractivity contribution in [2.24, 2.45) is 0 Å². The van der Waals surface area contributed by atoms with Gasteiger partial charge in [0.05, 0.1) is 12.1 Å². The molecule has 96 valence electrons. The number of nitrogens with one attached hydrogen (secondary N) is 1. The lowest BCUT2D eigenvalue weighted by Crippen LogP contribution is -2.39. The zero-order chi connectivity index (χ0) is 12.9. The SMILES string of the molecule is CCc1ccc2c(c1)C1C(CN2)N(C)C(=O)N1C. The van der Waals surface area contributed by atoms with E-state index in [4.69, 9.17) is 0 Å². The van der Waals surface area contributed by atoms with E-state index in [1.165, 1.54) is 16.8 Å². The van der Waals surface area contributed by atoms with Crippen LogP contribution < -0.4 is 5.32 Å². The molecular weight excluding hydrogens is 226 g/mol. The van der Waals surface area contributed by atoms with Crippen LogP contribution in [0.4, 0.5) is 10.5 Å². The third-order valence-electron chi connectivity index (χ3n) is 4.23. The lowest BCUT2D eigenvalue weighted by molar-refractivity contribution is 0.200. The van der Waals surface area contributed by atoms with Gasteiger partial charge in [0, 0.05) is 31.9 Å². The minimum Gasteiger partial charge on any atom is -0.383 e. The van der Waals surface area contributed by atoms with Gasteiger partial charge in [-0.15, -0.1) is 0 Å². The number of aryl methyl sites for hydroxylation is 1. The van der Waals surface area contributed by atoms with Gasteiger partial charge >= 0.3 is 6.03 Å². The molecule has 3 rings (SSSR count). The van der Waals surface area contributed by atoms with E-state index in [0.29, 0.717) is 0 Å². The molecule has 4 heteroatoms. The van der Waals surface area contributed by atoms with Gasteiger partial charge in [0.2, 0.25) is 0 Å². The van der Waals surface area contributed by atoms with Crippen LogP contribution >= 0.6 is 0 Å². The van der Waals surface area contributed by atoms with E-state index in [1.54, 1.807) is 0 Å². The topological polar surface area (TPSA) is 35.6 Å². The predicted molar refractivity (Wildman–Crippen MR) is 71.8 cm³/mol. The van der Waals surface area contributed by atoms with Crippen molar-refractivity contribution in [3.8, 4) is 0 Å². The van der Waals surface area contributed by atoms with E-state index in [-0.39, 0.29) is 18.1 Å². The highest BCUT2D eigenvalue weighted by molar-refractivity contribution is 5.79. The standard InChI is InChI=1S/C14H19N3O/c1-4-9-5-6-11-10(7-9)13-12(8-15-11)16(2)14(18)17(13)3/h5-7,12-13,15H,4,8H2,1-3H3. The molecule has 4 nitrogen and oxygen atoms in total. The molecule has 18 heavy (non-hydrogen) atoms. The van der Waals surface area contributed by atoms with E-state index in [1.807, 2.05) is 23.9 Å². The Morgan fingerprint density at radius 3 is 2.83 bits per heavy atom. The van der Waals surface area contributed by atoms with Crippen LogP contribution in [0.25, 0.3) is 0 Å². The lowest BCUT2D eigenvalue weighted by Gasteiger charge is -2.33. The Hall–Kier alpha value is -1.71. The van der Waals surface area contributed by atoms with Crippen molar-refractivity contribution in [2.45, 2.75) is 25.4 Å². The molecule has 2 heterocycles. The van der Waals surface area contributed by atoms with Crippen molar-refractivity contribution in [2.75, 3.05) is 26.0 Å². The van der Waals surface area contributed by atoms with E-state index < -0.39 is 0 Å². The van der Waals surface area contributed by atoms with E-state index >= 15 is 0 Å². The summed E-state index contributed by atoms with van der Waals surface area (Å²) >= 11 is 0. The number of nitrogens with zero attached hydrogens (tertiary/aromatic N) is 2. The van der Waals surface area contributed by atoms with Gasteiger partial charge in [-0.05, 0) is 18.1 Å². The second kappa shape index (κ2) is 3.90. The van der Waals surface area contributed by atoms with E-state index in [9.17, 15) is 4.79 Å². The Kier molecular flexibility index (Phi) is 2.47. The van der Waals surface area contributed by atoms with Crippen LogP contribution in [0.15, 0.2) is 18.2 Å². The van der Waals surface area contributed by atoms with Gasteiger partial charge in [0.25, 0.3) is 0 Å². The average Bonchev–Trinajstić information content (AvgIpc) is 2.63. The first-order chi connectivity index (χ1) is 8.63. The normalized spacial score (nSPS) is 25.8. The number of benzene rings is 1. The van der Waals surface area contributed by atoms with Crippen LogP contribution in [0.1, 0.15) is 24.1 Å². The number of carbonyl (C=O) groups excluding carboxylic acids is 1. The molecule has 1 aromatic carbocycles. The molecular formula is C14H19N3O. The summed E-state index contributed by atoms with van der Waals surface area (Å²) in [5.41, 5.74) is 3.75. The summed E-state index contributed by atoms with van der Waals surface area (Å²) in [4.78, 5) is 15.8. The number of rotatable bonds is 1. The van der Waals surface area contributed by atoms with Crippen LogP contribution in [0.5, 0.6) is 0 Å². The Balaban J connectivity index is 2.08. The quantitative estimate of drug-likeness (QED) is 0.822. The number of amides is 2. The maximum Gasteiger partial charge on any atom is 0.320 e. The van der Waals surface area contributed by atoms with Gasteiger partial charge in [-0.25, -0.2) is 4.79 Å². The number of likely N-dealkylation sites (N-methyl/N-ethyl adjacent to an activating group) is 2. The fourth-order valence-corrected chi connectivity index (χ4v) is 3.10. The Morgan fingerprint density at radius 1 is 1.33 bits per heavy atom. The number of hydrogen-bond acceptors (Lipinski definition) is 2. The highest BCUT2D eigenvalue weighted by Gasteiger charge is 2.45. The zero-order valence-electron chi connectivity index (χ0n) is 11.1. The molecule has 0 saturated carbocycles. The number of hydrogen-bond donors (Lipinski definition) is 1. The molecule has 0 aromatic heterocycles. The molecule has 2 aliphatic heterocycles. The van der Waals surface area contributed by atoms with Gasteiger partial charge in [-0.3, -0.25) is 0 Å². The first-order valence-corrected chi connectivity index (χ1v) is 6.49. The monoisotopic (exact) mass is 245 g/mol. The summed E-state index contributed by atoms with van der Waals surface area (Å²) in [6.45, 7) is 2.99. The first-order valence-electron chi connectivity index (χ1n) is 6.49. The molecule has 0 spiro atoms. The molecule has 1 saturated heterocycles. The van der Waals surface area contributed by atoms with Crippen LogP contribution in [0.3, 0.4) is 0 Å². The second-order valence-electron chi connectivity index (χ2n) is 5.17. The molecule has 1 aromatic rings. The number of urea groups is 1. The lowest BCUT2D eigenvalue weighted by atomic mass is 9.92. The smallest absolute Gasteiger partial charge is 0.320 e. The molecule has 0 radical (unpaired) electrons. The van der Waals surface area contributed by atoms with Crippen molar-refractivity contribution >= 4 is 11.7 Å². The van der Waals surface area contributed by atoms with Crippen LogP contribution in [-0.2, 0) is 6.42 Å². The van der Waals surface area contributed by atoms with Crippen LogP contribution in [0, 0.1) is 0 Å². The van der Waals surface area contributed by atoms with Crippen molar-refractivity contribution in [3.63, 3.8) is 0 Å². The molecule has 0 bridgehead atoms. The third kappa shape index (κ3) is 1.41. The Bertz CT molecular complexity index is 500. The Morgan fingerprint density at radius 2 is 2.11 bits per heavy atom. The molecule has 2 unspecified atom stereocenters. The van der Waals surface area contributed by atoms with E-state index in [2.05, 4.69) is 30.4 Å².